The number of ether oxygens (including phenoxy) is 1. The maximum absolute atomic E-state index is 11.8. The highest BCUT2D eigenvalue weighted by Crippen LogP contribution is 2.49. The molecule has 2 saturated carbocycles. The topological polar surface area (TPSA) is 64.3 Å². The number of rotatable bonds is 6. The Morgan fingerprint density at radius 1 is 1.40 bits per heavy atom. The van der Waals surface area contributed by atoms with E-state index in [1.165, 1.54) is 44.1 Å². The molecule has 3 N–H and O–H groups in total. The Morgan fingerprint density at radius 2 is 2.00 bits per heavy atom. The van der Waals surface area contributed by atoms with Crippen LogP contribution in [0.5, 0.6) is 0 Å². The number of methoxy groups -OCH3 is 1. The maximum atomic E-state index is 11.8. The Bertz CT molecular complexity index is 509. The van der Waals surface area contributed by atoms with E-state index in [2.05, 4.69) is 5.32 Å². The molecular weight excluding hydrogens is 292 g/mol. The quantitative estimate of drug-likeness (QED) is 0.622. The molecule has 2 fully saturated rings. The van der Waals surface area contributed by atoms with Crippen LogP contribution in [0.4, 0.5) is 10.7 Å². The van der Waals surface area contributed by atoms with Crippen LogP contribution in [0.1, 0.15) is 35.4 Å². The van der Waals surface area contributed by atoms with Crippen molar-refractivity contribution in [2.45, 2.75) is 36.6 Å². The van der Waals surface area contributed by atoms with Crippen molar-refractivity contribution in [3.63, 3.8) is 0 Å². The summed E-state index contributed by atoms with van der Waals surface area (Å²) in [5, 5.41) is 4.71. The average molecular weight is 312 g/mol. The highest BCUT2D eigenvalue weighted by atomic mass is 32.2. The van der Waals surface area contributed by atoms with Crippen molar-refractivity contribution in [3.8, 4) is 0 Å². The number of carbonyl (C=O) groups excluding carboxylic acids is 1. The molecular formula is C14H20N2O2S2. The summed E-state index contributed by atoms with van der Waals surface area (Å²) in [7, 11) is 1.39. The summed E-state index contributed by atoms with van der Waals surface area (Å²) in [6.45, 7) is 0. The molecule has 0 unspecified atom stereocenters. The molecule has 1 aromatic heterocycles. The molecule has 0 spiro atoms. The van der Waals surface area contributed by atoms with Gasteiger partial charge in [0.1, 0.15) is 9.88 Å². The van der Waals surface area contributed by atoms with Crippen LogP contribution in [0.2, 0.25) is 0 Å². The van der Waals surface area contributed by atoms with Crippen LogP contribution in [0.3, 0.4) is 0 Å². The van der Waals surface area contributed by atoms with E-state index in [-0.39, 0.29) is 5.97 Å². The first-order valence-electron chi connectivity index (χ1n) is 6.96. The van der Waals surface area contributed by atoms with E-state index in [0.29, 0.717) is 16.6 Å². The molecule has 4 nitrogen and oxygen atoms in total. The molecule has 3 rings (SSSR count). The van der Waals surface area contributed by atoms with Crippen LogP contribution in [0, 0.1) is 11.8 Å². The number of nitrogen functional groups attached to an aromatic ring is 1. The molecule has 110 valence electrons. The van der Waals surface area contributed by atoms with Crippen molar-refractivity contribution in [2.75, 3.05) is 24.4 Å². The number of thiophene rings is 1. The zero-order chi connectivity index (χ0) is 14.3. The fourth-order valence-corrected chi connectivity index (χ4v) is 4.64. The van der Waals surface area contributed by atoms with Crippen molar-refractivity contribution in [3.05, 3.63) is 4.88 Å². The number of nitrogens with two attached hydrogens (primary N) is 1. The molecule has 6 heteroatoms. The van der Waals surface area contributed by atoms with Gasteiger partial charge in [0.25, 0.3) is 0 Å². The van der Waals surface area contributed by atoms with E-state index in [9.17, 15) is 4.79 Å². The lowest BCUT2D eigenvalue weighted by Crippen LogP contribution is -2.23. The van der Waals surface area contributed by atoms with E-state index < -0.39 is 0 Å². The number of anilines is 2. The third kappa shape index (κ3) is 2.63. The van der Waals surface area contributed by atoms with Gasteiger partial charge in [-0.2, -0.15) is 0 Å². The summed E-state index contributed by atoms with van der Waals surface area (Å²) in [4.78, 5) is 13.3. The summed E-state index contributed by atoms with van der Waals surface area (Å²) in [6, 6.07) is 0.560. The van der Waals surface area contributed by atoms with Crippen LogP contribution in [-0.2, 0) is 4.74 Å². The van der Waals surface area contributed by atoms with Crippen molar-refractivity contribution in [1.29, 1.82) is 0 Å². The third-order valence-corrected chi connectivity index (χ3v) is 6.11. The highest BCUT2D eigenvalue weighted by Gasteiger charge is 2.42. The number of esters is 1. The summed E-state index contributed by atoms with van der Waals surface area (Å²) < 4.78 is 4.81. The van der Waals surface area contributed by atoms with Crippen molar-refractivity contribution < 1.29 is 9.53 Å². The molecule has 0 amide bonds. The van der Waals surface area contributed by atoms with Gasteiger partial charge < -0.3 is 15.8 Å². The average Bonchev–Trinajstić information content (AvgIpc) is 3.34. The second-order valence-electron chi connectivity index (χ2n) is 5.54. The molecule has 0 radical (unpaired) electrons. The van der Waals surface area contributed by atoms with E-state index >= 15 is 0 Å². The normalized spacial score (nSPS) is 18.4. The zero-order valence-electron chi connectivity index (χ0n) is 11.8. The second kappa shape index (κ2) is 5.48. The summed E-state index contributed by atoms with van der Waals surface area (Å²) >= 11 is 3.02. The van der Waals surface area contributed by atoms with Gasteiger partial charge in [-0.15, -0.1) is 23.1 Å². The van der Waals surface area contributed by atoms with E-state index in [1.807, 2.05) is 6.26 Å². The smallest absolute Gasteiger partial charge is 0.350 e. The minimum atomic E-state index is -0.342. The lowest BCUT2D eigenvalue weighted by molar-refractivity contribution is 0.0607. The van der Waals surface area contributed by atoms with Crippen LogP contribution in [0.25, 0.3) is 0 Å². The van der Waals surface area contributed by atoms with Gasteiger partial charge in [0.15, 0.2) is 0 Å². The Balaban J connectivity index is 1.85. The fraction of sp³-hybridized carbons (Fsp3) is 0.643. The predicted molar refractivity (Wildman–Crippen MR) is 84.7 cm³/mol. The number of thioether (sulfide) groups is 1. The number of nitrogens with one attached hydrogen (secondary N) is 1. The van der Waals surface area contributed by atoms with Gasteiger partial charge >= 0.3 is 5.97 Å². The van der Waals surface area contributed by atoms with E-state index in [0.717, 1.165) is 21.7 Å². The molecule has 0 saturated heterocycles. The number of hydrogen-bond acceptors (Lipinski definition) is 6. The molecule has 1 aromatic rings. The molecule has 1 heterocycles. The van der Waals surface area contributed by atoms with Gasteiger partial charge in [-0.25, -0.2) is 4.79 Å². The number of carbonyl (C=O) groups is 1. The summed E-state index contributed by atoms with van der Waals surface area (Å²) in [6.07, 6.45) is 7.30. The van der Waals surface area contributed by atoms with Gasteiger partial charge in [0.2, 0.25) is 0 Å². The molecule has 0 atom stereocenters. The third-order valence-electron chi connectivity index (χ3n) is 4.03. The lowest BCUT2D eigenvalue weighted by atomic mass is 10.1. The Morgan fingerprint density at radius 3 is 2.45 bits per heavy atom. The fourth-order valence-electron chi connectivity index (χ4n) is 2.65. The minimum absolute atomic E-state index is 0.342. The van der Waals surface area contributed by atoms with Crippen molar-refractivity contribution >= 4 is 39.8 Å². The van der Waals surface area contributed by atoms with Crippen LogP contribution < -0.4 is 11.1 Å². The molecule has 0 aromatic carbocycles. The first-order chi connectivity index (χ1) is 9.65. The van der Waals surface area contributed by atoms with Crippen LogP contribution >= 0.6 is 23.1 Å². The molecule has 0 aliphatic heterocycles. The molecule has 2 aliphatic rings. The van der Waals surface area contributed by atoms with Crippen LogP contribution in [-0.4, -0.2) is 25.4 Å². The monoisotopic (exact) mass is 312 g/mol. The maximum Gasteiger partial charge on any atom is 0.350 e. The van der Waals surface area contributed by atoms with Gasteiger partial charge in [0, 0.05) is 6.04 Å². The zero-order valence-corrected chi connectivity index (χ0v) is 13.4. The Hall–Kier alpha value is -0.880. The largest absolute Gasteiger partial charge is 0.465 e. The Labute approximate surface area is 127 Å². The first kappa shape index (κ1) is 14.1. The Kier molecular flexibility index (Phi) is 3.86. The SMILES string of the molecule is COC(=O)c1sc(NC(C2CC2)C2CC2)c(SC)c1N. The first-order valence-corrected chi connectivity index (χ1v) is 9.01. The summed E-state index contributed by atoms with van der Waals surface area (Å²) in [5.74, 6) is 1.27. The number of hydrogen-bond donors (Lipinski definition) is 2. The summed E-state index contributed by atoms with van der Waals surface area (Å²) in [5.41, 5.74) is 6.66. The van der Waals surface area contributed by atoms with Gasteiger partial charge in [-0.1, -0.05) is 0 Å². The van der Waals surface area contributed by atoms with E-state index in [1.54, 1.807) is 11.8 Å². The molecule has 20 heavy (non-hydrogen) atoms. The lowest BCUT2D eigenvalue weighted by Gasteiger charge is -2.18. The molecule has 0 bridgehead atoms. The second-order valence-corrected chi connectivity index (χ2v) is 7.38. The van der Waals surface area contributed by atoms with Gasteiger partial charge in [0.05, 0.1) is 17.7 Å². The molecule has 2 aliphatic carbocycles. The van der Waals surface area contributed by atoms with Gasteiger partial charge in [-0.05, 0) is 43.8 Å². The minimum Gasteiger partial charge on any atom is -0.465 e. The van der Waals surface area contributed by atoms with Crippen molar-refractivity contribution in [2.24, 2.45) is 11.8 Å². The van der Waals surface area contributed by atoms with Crippen molar-refractivity contribution in [1.82, 2.24) is 0 Å². The standard InChI is InChI=1S/C14H20N2O2S2/c1-18-14(17)12-9(15)11(19-2)13(20-12)16-10(7-3-4-7)8-5-6-8/h7-8,10,16H,3-6,15H2,1-2H3. The van der Waals surface area contributed by atoms with Crippen LogP contribution in [0.15, 0.2) is 4.90 Å². The van der Waals surface area contributed by atoms with Gasteiger partial charge in [-0.3, -0.25) is 0 Å². The van der Waals surface area contributed by atoms with E-state index in [4.69, 9.17) is 10.5 Å². The predicted octanol–water partition coefficient (Wildman–Crippen LogP) is 3.44. The highest BCUT2D eigenvalue weighted by molar-refractivity contribution is 7.99.